The summed E-state index contributed by atoms with van der Waals surface area (Å²) in [5.41, 5.74) is 5.10. The summed E-state index contributed by atoms with van der Waals surface area (Å²) < 4.78 is 0. The summed E-state index contributed by atoms with van der Waals surface area (Å²) in [7, 11) is 2.15. The molecule has 3 aromatic rings. The van der Waals surface area contributed by atoms with Crippen molar-refractivity contribution in [2.24, 2.45) is 5.41 Å². The summed E-state index contributed by atoms with van der Waals surface area (Å²) in [4.78, 5) is 12.1. The fourth-order valence-corrected chi connectivity index (χ4v) is 3.56. The number of halogens is 1. The lowest BCUT2D eigenvalue weighted by Gasteiger charge is -2.30. The van der Waals surface area contributed by atoms with Crippen molar-refractivity contribution in [1.82, 2.24) is 14.9 Å². The summed E-state index contributed by atoms with van der Waals surface area (Å²) in [6.07, 6.45) is 1.82. The highest BCUT2D eigenvalue weighted by molar-refractivity contribution is 6.30. The number of aromatic nitrogens is 2. The third kappa shape index (κ3) is 5.80. The fourth-order valence-electron chi connectivity index (χ4n) is 3.43. The summed E-state index contributed by atoms with van der Waals surface area (Å²) in [5.74, 6) is 0.788. The Morgan fingerprint density at radius 1 is 0.967 bits per heavy atom. The number of aryl methyl sites for hydroxylation is 1. The van der Waals surface area contributed by atoms with E-state index in [1.807, 2.05) is 30.5 Å². The minimum atomic E-state index is 0.116. The van der Waals surface area contributed by atoms with Crippen molar-refractivity contribution in [2.75, 3.05) is 32.0 Å². The molecule has 3 rings (SSSR count). The van der Waals surface area contributed by atoms with Crippen LogP contribution in [0.4, 0.5) is 5.82 Å². The van der Waals surface area contributed by atoms with Gasteiger partial charge in [0.2, 0.25) is 0 Å². The van der Waals surface area contributed by atoms with Crippen molar-refractivity contribution < 1.29 is 0 Å². The molecule has 0 radical (unpaired) electrons. The molecule has 1 N–H and O–H groups in total. The molecular weight excluding hydrogens is 392 g/mol. The van der Waals surface area contributed by atoms with Gasteiger partial charge in [0.25, 0.3) is 0 Å². The Balaban J connectivity index is 1.92. The monoisotopic (exact) mass is 422 g/mol. The molecule has 0 amide bonds. The van der Waals surface area contributed by atoms with Crippen molar-refractivity contribution in [3.05, 3.63) is 65.3 Å². The van der Waals surface area contributed by atoms with Gasteiger partial charge in [-0.05, 0) is 38.1 Å². The Morgan fingerprint density at radius 2 is 1.57 bits per heavy atom. The highest BCUT2D eigenvalue weighted by Crippen LogP contribution is 2.31. The van der Waals surface area contributed by atoms with E-state index in [-0.39, 0.29) is 5.41 Å². The first kappa shape index (κ1) is 22.3. The number of nitrogens with zero attached hydrogens (tertiary/aromatic N) is 3. The zero-order valence-corrected chi connectivity index (χ0v) is 19.3. The van der Waals surface area contributed by atoms with Crippen LogP contribution in [0.5, 0.6) is 0 Å². The van der Waals surface area contributed by atoms with Crippen molar-refractivity contribution in [3.63, 3.8) is 0 Å². The summed E-state index contributed by atoms with van der Waals surface area (Å²) in [5, 5.41) is 4.21. The number of hydrogen-bond donors (Lipinski definition) is 1. The van der Waals surface area contributed by atoms with E-state index in [1.165, 1.54) is 5.56 Å². The average molecular weight is 423 g/mol. The van der Waals surface area contributed by atoms with Gasteiger partial charge < -0.3 is 10.2 Å². The molecule has 1 aromatic heterocycles. The first-order chi connectivity index (χ1) is 14.3. The second kappa shape index (κ2) is 9.59. The van der Waals surface area contributed by atoms with Gasteiger partial charge in [0.1, 0.15) is 5.82 Å². The van der Waals surface area contributed by atoms with Crippen molar-refractivity contribution in [1.29, 1.82) is 0 Å². The molecule has 0 bridgehead atoms. The lowest BCUT2D eigenvalue weighted by Crippen LogP contribution is -2.36. The molecular formula is C25H31ClN4. The molecule has 4 nitrogen and oxygen atoms in total. The van der Waals surface area contributed by atoms with Crippen LogP contribution in [0.2, 0.25) is 5.02 Å². The SMILES string of the molecule is CCN(C)CC(C)(C)CNc1cnc(-c2ccc(Cl)cc2)c(-c2ccc(C)cc2)n1. The van der Waals surface area contributed by atoms with Gasteiger partial charge in [-0.25, -0.2) is 4.98 Å². The van der Waals surface area contributed by atoms with Crippen LogP contribution in [-0.2, 0) is 0 Å². The zero-order valence-electron chi connectivity index (χ0n) is 18.5. The average Bonchev–Trinajstić information content (AvgIpc) is 2.73. The highest BCUT2D eigenvalue weighted by Gasteiger charge is 2.20. The topological polar surface area (TPSA) is 41.0 Å². The minimum Gasteiger partial charge on any atom is -0.368 e. The van der Waals surface area contributed by atoms with E-state index in [0.717, 1.165) is 48.0 Å². The maximum absolute atomic E-state index is 6.08. The maximum Gasteiger partial charge on any atom is 0.145 e. The van der Waals surface area contributed by atoms with Gasteiger partial charge in [-0.2, -0.15) is 0 Å². The third-order valence-electron chi connectivity index (χ3n) is 5.20. The molecule has 0 saturated carbocycles. The quantitative estimate of drug-likeness (QED) is 0.471. The lowest BCUT2D eigenvalue weighted by molar-refractivity contribution is 0.228. The van der Waals surface area contributed by atoms with Crippen LogP contribution in [0.15, 0.2) is 54.7 Å². The predicted octanol–water partition coefficient (Wildman–Crippen LogP) is 6.16. The van der Waals surface area contributed by atoms with Gasteiger partial charge in [0.05, 0.1) is 17.6 Å². The third-order valence-corrected chi connectivity index (χ3v) is 5.45. The normalized spacial score (nSPS) is 11.7. The molecule has 0 atom stereocenters. The van der Waals surface area contributed by atoms with E-state index in [0.29, 0.717) is 5.02 Å². The van der Waals surface area contributed by atoms with E-state index in [2.05, 4.69) is 69.2 Å². The van der Waals surface area contributed by atoms with Crippen LogP contribution in [-0.4, -0.2) is 41.5 Å². The van der Waals surface area contributed by atoms with E-state index < -0.39 is 0 Å². The second-order valence-corrected chi connectivity index (χ2v) is 9.11. The number of benzene rings is 2. The Hall–Kier alpha value is -2.43. The van der Waals surface area contributed by atoms with Gasteiger partial charge in [0.15, 0.2) is 0 Å². The first-order valence-electron chi connectivity index (χ1n) is 10.4. The van der Waals surface area contributed by atoms with Crippen molar-refractivity contribution in [2.45, 2.75) is 27.7 Å². The number of nitrogens with one attached hydrogen (secondary N) is 1. The Morgan fingerprint density at radius 3 is 2.20 bits per heavy atom. The smallest absolute Gasteiger partial charge is 0.145 e. The van der Waals surface area contributed by atoms with Crippen molar-refractivity contribution >= 4 is 17.4 Å². The van der Waals surface area contributed by atoms with Crippen LogP contribution >= 0.6 is 11.6 Å². The lowest BCUT2D eigenvalue weighted by atomic mass is 9.93. The maximum atomic E-state index is 6.08. The molecule has 0 unspecified atom stereocenters. The van der Waals surface area contributed by atoms with Gasteiger partial charge in [-0.15, -0.1) is 0 Å². The fraction of sp³-hybridized carbons (Fsp3) is 0.360. The summed E-state index contributed by atoms with van der Waals surface area (Å²) >= 11 is 6.08. The number of rotatable bonds is 8. The highest BCUT2D eigenvalue weighted by atomic mass is 35.5. The molecule has 0 fully saturated rings. The molecule has 0 saturated heterocycles. The van der Waals surface area contributed by atoms with Gasteiger partial charge in [-0.1, -0.05) is 74.3 Å². The molecule has 0 aliphatic heterocycles. The molecule has 5 heteroatoms. The van der Waals surface area contributed by atoms with Crippen LogP contribution in [0.3, 0.4) is 0 Å². The van der Waals surface area contributed by atoms with Gasteiger partial charge >= 0.3 is 0 Å². The standard InChI is InChI=1S/C25H31ClN4/c1-6-30(5)17-25(3,4)16-28-22-15-27-23(19-11-13-21(26)14-12-19)24(29-22)20-9-7-18(2)8-10-20/h7-15H,6,16-17H2,1-5H3,(H,28,29). The Bertz CT molecular complexity index is 965. The van der Waals surface area contributed by atoms with Crippen LogP contribution in [0.25, 0.3) is 22.5 Å². The van der Waals surface area contributed by atoms with Crippen LogP contribution in [0.1, 0.15) is 26.3 Å². The molecule has 0 aliphatic rings. The number of hydrogen-bond acceptors (Lipinski definition) is 4. The van der Waals surface area contributed by atoms with Crippen LogP contribution in [0, 0.1) is 12.3 Å². The molecule has 30 heavy (non-hydrogen) atoms. The molecule has 0 aliphatic carbocycles. The summed E-state index contributed by atoms with van der Waals surface area (Å²) in [6, 6.07) is 16.2. The van der Waals surface area contributed by atoms with E-state index in [4.69, 9.17) is 21.6 Å². The predicted molar refractivity (Wildman–Crippen MR) is 128 cm³/mol. The summed E-state index contributed by atoms with van der Waals surface area (Å²) in [6.45, 7) is 11.7. The second-order valence-electron chi connectivity index (χ2n) is 8.67. The Kier molecular flexibility index (Phi) is 7.11. The van der Waals surface area contributed by atoms with Crippen molar-refractivity contribution in [3.8, 4) is 22.5 Å². The molecule has 2 aromatic carbocycles. The molecule has 158 valence electrons. The van der Waals surface area contributed by atoms with E-state index >= 15 is 0 Å². The Labute approximate surface area is 185 Å². The number of anilines is 1. The van der Waals surface area contributed by atoms with E-state index in [9.17, 15) is 0 Å². The molecule has 1 heterocycles. The minimum absolute atomic E-state index is 0.116. The largest absolute Gasteiger partial charge is 0.368 e. The van der Waals surface area contributed by atoms with E-state index in [1.54, 1.807) is 0 Å². The van der Waals surface area contributed by atoms with Crippen LogP contribution < -0.4 is 5.32 Å². The van der Waals surface area contributed by atoms with Gasteiger partial charge in [0, 0.05) is 29.2 Å². The zero-order chi connectivity index (χ0) is 21.7. The first-order valence-corrected chi connectivity index (χ1v) is 10.8. The van der Waals surface area contributed by atoms with Gasteiger partial charge in [-0.3, -0.25) is 4.98 Å². The molecule has 0 spiro atoms.